The van der Waals surface area contributed by atoms with Gasteiger partial charge in [0, 0.05) is 39.2 Å². The highest BCUT2D eigenvalue weighted by atomic mass is 35.5. The van der Waals surface area contributed by atoms with Gasteiger partial charge in [-0.2, -0.15) is 0 Å². The number of hydrogen-bond acceptors (Lipinski definition) is 8. The first kappa shape index (κ1) is 40.6. The van der Waals surface area contributed by atoms with E-state index in [1.54, 1.807) is 14.1 Å². The van der Waals surface area contributed by atoms with Gasteiger partial charge in [-0.15, -0.1) is 0 Å². The summed E-state index contributed by atoms with van der Waals surface area (Å²) >= 11 is 12.0. The Morgan fingerprint density at radius 1 is 0.812 bits per heavy atom. The summed E-state index contributed by atoms with van der Waals surface area (Å²) in [6, 6.07) is 1.50. The number of nitrogens with zero attached hydrogens (tertiary/aromatic N) is 6. The van der Waals surface area contributed by atoms with Crippen molar-refractivity contribution < 1.29 is 9.90 Å². The molecular weight excluding hydrogens is 659 g/mol. The Kier molecular flexibility index (Phi) is 15.9. The number of aromatic nitrogens is 6. The summed E-state index contributed by atoms with van der Waals surface area (Å²) in [6.45, 7) is 12.8. The number of fused-ring (bicyclic) bond motifs is 2. The molecule has 14 heteroatoms. The summed E-state index contributed by atoms with van der Waals surface area (Å²) in [7, 11) is 3.23. The summed E-state index contributed by atoms with van der Waals surface area (Å²) in [5, 5.41) is 11.6. The second-order valence-electron chi connectivity index (χ2n) is 12.5. The van der Waals surface area contributed by atoms with E-state index >= 15 is 0 Å². The van der Waals surface area contributed by atoms with E-state index in [0.29, 0.717) is 53.8 Å². The molecule has 0 radical (unpaired) electrons. The lowest BCUT2D eigenvalue weighted by Gasteiger charge is -2.18. The van der Waals surface area contributed by atoms with Crippen LogP contribution in [0.2, 0.25) is 10.3 Å². The van der Waals surface area contributed by atoms with Gasteiger partial charge in [-0.05, 0) is 37.2 Å². The number of aryl methyl sites for hydroxylation is 2. The molecule has 4 aromatic heterocycles. The molecule has 1 atom stereocenters. The largest absolute Gasteiger partial charge is 0.388 e. The van der Waals surface area contributed by atoms with E-state index in [0.717, 1.165) is 32.0 Å². The van der Waals surface area contributed by atoms with Crippen molar-refractivity contribution in [3.63, 3.8) is 0 Å². The molecule has 264 valence electrons. The van der Waals surface area contributed by atoms with Gasteiger partial charge in [0.25, 0.3) is 11.1 Å². The highest BCUT2D eigenvalue weighted by Crippen LogP contribution is 2.30. The van der Waals surface area contributed by atoms with Crippen LogP contribution in [0.5, 0.6) is 0 Å². The van der Waals surface area contributed by atoms with Crippen LogP contribution in [0.4, 0.5) is 0 Å². The smallest absolute Gasteiger partial charge is 0.331 e. The van der Waals surface area contributed by atoms with E-state index in [9.17, 15) is 29.1 Å². The molecule has 0 bridgehead atoms. The zero-order valence-corrected chi connectivity index (χ0v) is 30.6. The molecule has 0 aromatic carbocycles. The van der Waals surface area contributed by atoms with Crippen molar-refractivity contribution in [1.82, 2.24) is 28.2 Å². The standard InChI is InChI=1S/C17H24ClN3O3.C12H14ClN3O2.C5H10O/c1-5-6-7-21-16(23)13-11(20(4)17(21)24)9-19-15(18)14(13)12(22)8-10(2)3;1-3-4-5-16-11(17)8-6-10(13)14-7-9(8)15(2)12(16)18;1-5(2)3-4-6/h9-10,12,22H,5-8H2,1-4H3;6-7H,3-5H2,1-2H3;4-5H,3H2,1-2H3. The number of carbonyl (C=O) groups is 1. The van der Waals surface area contributed by atoms with Crippen LogP contribution in [-0.4, -0.2) is 39.6 Å². The molecule has 0 spiro atoms. The maximum atomic E-state index is 12.9. The van der Waals surface area contributed by atoms with Gasteiger partial charge < -0.3 is 9.90 Å². The van der Waals surface area contributed by atoms with Gasteiger partial charge >= 0.3 is 11.4 Å². The van der Waals surface area contributed by atoms with Crippen LogP contribution >= 0.6 is 23.2 Å². The molecule has 0 aliphatic carbocycles. The summed E-state index contributed by atoms with van der Waals surface area (Å²) in [4.78, 5) is 67.2. The monoisotopic (exact) mass is 706 g/mol. The van der Waals surface area contributed by atoms with Gasteiger partial charge in [0.05, 0.1) is 40.3 Å². The minimum Gasteiger partial charge on any atom is -0.388 e. The molecule has 0 amide bonds. The van der Waals surface area contributed by atoms with Crippen LogP contribution in [0.25, 0.3) is 21.8 Å². The van der Waals surface area contributed by atoms with E-state index in [4.69, 9.17) is 23.2 Å². The summed E-state index contributed by atoms with van der Waals surface area (Å²) in [5.74, 6) is 0.753. The van der Waals surface area contributed by atoms with Gasteiger partial charge in [0.1, 0.15) is 16.6 Å². The molecule has 1 N–H and O–H groups in total. The van der Waals surface area contributed by atoms with Crippen molar-refractivity contribution in [3.8, 4) is 0 Å². The number of aliphatic hydroxyl groups excluding tert-OH is 1. The van der Waals surface area contributed by atoms with Crippen molar-refractivity contribution >= 4 is 51.3 Å². The van der Waals surface area contributed by atoms with E-state index in [2.05, 4.69) is 9.97 Å². The molecule has 0 aliphatic heterocycles. The summed E-state index contributed by atoms with van der Waals surface area (Å²) < 4.78 is 5.28. The lowest BCUT2D eigenvalue weighted by molar-refractivity contribution is -0.108. The molecule has 0 saturated carbocycles. The number of pyridine rings is 2. The Morgan fingerprint density at radius 3 is 1.81 bits per heavy atom. The molecule has 4 rings (SSSR count). The first-order chi connectivity index (χ1) is 22.6. The quantitative estimate of drug-likeness (QED) is 0.161. The molecule has 1 unspecified atom stereocenters. The van der Waals surface area contributed by atoms with Gasteiger partial charge in [-0.25, -0.2) is 19.6 Å². The Labute approximate surface area is 290 Å². The number of rotatable bonds is 11. The number of unbranched alkanes of at least 4 members (excludes halogenated alkanes) is 2. The lowest BCUT2D eigenvalue weighted by atomic mass is 9.98. The zero-order valence-electron chi connectivity index (χ0n) is 29.1. The third-order valence-electron chi connectivity index (χ3n) is 7.66. The number of aliphatic hydroxyl groups is 1. The minimum absolute atomic E-state index is 0.105. The number of halogens is 2. The number of aldehydes is 1. The van der Waals surface area contributed by atoms with Gasteiger partial charge in [0.15, 0.2) is 0 Å². The second kappa shape index (κ2) is 18.8. The summed E-state index contributed by atoms with van der Waals surface area (Å²) in [5.41, 5.74) is -0.204. The molecule has 0 aliphatic rings. The van der Waals surface area contributed by atoms with Crippen LogP contribution in [0.3, 0.4) is 0 Å². The fourth-order valence-corrected chi connectivity index (χ4v) is 5.37. The van der Waals surface area contributed by atoms with Crippen molar-refractivity contribution in [3.05, 3.63) is 76.0 Å². The SMILES string of the molecule is CC(C)CC=O.CCCCn1c(=O)c2c(C(O)CC(C)C)c(Cl)ncc2n(C)c1=O.CCCCn1c(=O)c2cc(Cl)ncc2n(C)c1=O. The van der Waals surface area contributed by atoms with Crippen LogP contribution < -0.4 is 22.5 Å². The summed E-state index contributed by atoms with van der Waals surface area (Å²) in [6.07, 6.45) is 7.36. The highest BCUT2D eigenvalue weighted by molar-refractivity contribution is 6.31. The van der Waals surface area contributed by atoms with E-state index in [1.165, 1.54) is 36.7 Å². The zero-order chi connectivity index (χ0) is 36.3. The topological polar surface area (TPSA) is 151 Å². The van der Waals surface area contributed by atoms with E-state index in [1.807, 2.05) is 41.5 Å². The minimum atomic E-state index is -0.904. The van der Waals surface area contributed by atoms with Crippen molar-refractivity contribution in [2.45, 2.75) is 99.3 Å². The van der Waals surface area contributed by atoms with Gasteiger partial charge in [-0.1, -0.05) is 77.6 Å². The maximum absolute atomic E-state index is 12.9. The third kappa shape index (κ3) is 9.96. The predicted octanol–water partition coefficient (Wildman–Crippen LogP) is 5.41. The van der Waals surface area contributed by atoms with Gasteiger partial charge in [0.2, 0.25) is 0 Å². The van der Waals surface area contributed by atoms with Crippen molar-refractivity contribution in [2.24, 2.45) is 25.9 Å². The highest BCUT2D eigenvalue weighted by Gasteiger charge is 2.23. The Balaban J connectivity index is 0.000000293. The average molecular weight is 708 g/mol. The third-order valence-corrected chi connectivity index (χ3v) is 8.16. The lowest BCUT2D eigenvalue weighted by Crippen LogP contribution is -2.39. The number of carbonyl (C=O) groups excluding carboxylic acids is 1. The van der Waals surface area contributed by atoms with E-state index < -0.39 is 11.7 Å². The predicted molar refractivity (Wildman–Crippen MR) is 192 cm³/mol. The fourth-order valence-electron chi connectivity index (χ4n) is 4.94. The molecular formula is C34H48Cl2N6O6. The van der Waals surface area contributed by atoms with E-state index in [-0.39, 0.29) is 38.5 Å². The molecule has 4 aromatic rings. The van der Waals surface area contributed by atoms with Crippen LogP contribution in [0.1, 0.15) is 91.7 Å². The van der Waals surface area contributed by atoms with Gasteiger partial charge in [-0.3, -0.25) is 27.9 Å². The molecule has 0 saturated heterocycles. The molecule has 0 fully saturated rings. The first-order valence-corrected chi connectivity index (χ1v) is 17.0. The molecule has 12 nitrogen and oxygen atoms in total. The average Bonchev–Trinajstić information content (AvgIpc) is 3.02. The Bertz CT molecular complexity index is 1940. The first-order valence-electron chi connectivity index (χ1n) is 16.3. The Morgan fingerprint density at radius 2 is 1.33 bits per heavy atom. The Hall–Kier alpha value is -3.61. The van der Waals surface area contributed by atoms with Crippen LogP contribution in [-0.2, 0) is 32.0 Å². The van der Waals surface area contributed by atoms with Crippen molar-refractivity contribution in [1.29, 1.82) is 0 Å². The number of hydrogen-bond donors (Lipinski definition) is 1. The van der Waals surface area contributed by atoms with Crippen molar-refractivity contribution in [2.75, 3.05) is 0 Å². The fraction of sp³-hybridized carbons (Fsp3) is 0.559. The molecule has 4 heterocycles. The maximum Gasteiger partial charge on any atom is 0.331 e. The second-order valence-corrected chi connectivity index (χ2v) is 13.2. The molecule has 48 heavy (non-hydrogen) atoms. The normalized spacial score (nSPS) is 11.8. The van der Waals surface area contributed by atoms with Crippen LogP contribution in [0, 0.1) is 11.8 Å². The van der Waals surface area contributed by atoms with Crippen LogP contribution in [0.15, 0.2) is 37.6 Å².